The molecule has 5 heteroatoms. The van der Waals surface area contributed by atoms with Gasteiger partial charge in [-0.3, -0.25) is 0 Å². The largest absolute Gasteiger partial charge is 0.361 e. The topological polar surface area (TPSA) is 58.5 Å². The third-order valence-corrected chi connectivity index (χ3v) is 5.77. The number of rotatable bonds is 5. The summed E-state index contributed by atoms with van der Waals surface area (Å²) < 4.78 is 2.35. The standard InChI is InChI=1S/C23H25N5/c1-2-6-17(7-3-1)16-28-22(26-27-23(28)18-10-12-24-13-11-18)14-19-15-25-21-9-5-4-8-20(19)21/h1-9,15,18,24-25H,10-14,16H2. The van der Waals surface area contributed by atoms with Crippen molar-refractivity contribution in [1.82, 2.24) is 25.1 Å². The molecule has 1 fully saturated rings. The second-order valence-corrected chi connectivity index (χ2v) is 7.61. The highest BCUT2D eigenvalue weighted by atomic mass is 15.3. The molecular formula is C23H25N5. The van der Waals surface area contributed by atoms with E-state index in [1.807, 2.05) is 0 Å². The van der Waals surface area contributed by atoms with Crippen LogP contribution in [-0.4, -0.2) is 32.8 Å². The summed E-state index contributed by atoms with van der Waals surface area (Å²) >= 11 is 0. The summed E-state index contributed by atoms with van der Waals surface area (Å²) in [5, 5.41) is 14.0. The van der Waals surface area contributed by atoms with Gasteiger partial charge in [0.1, 0.15) is 11.6 Å². The lowest BCUT2D eigenvalue weighted by atomic mass is 9.97. The molecule has 0 bridgehead atoms. The van der Waals surface area contributed by atoms with Crippen molar-refractivity contribution in [1.29, 1.82) is 0 Å². The van der Waals surface area contributed by atoms with Gasteiger partial charge in [-0.15, -0.1) is 10.2 Å². The summed E-state index contributed by atoms with van der Waals surface area (Å²) in [7, 11) is 0. The number of aromatic amines is 1. The highest BCUT2D eigenvalue weighted by molar-refractivity contribution is 5.83. The van der Waals surface area contributed by atoms with Crippen LogP contribution in [0.1, 0.15) is 41.5 Å². The summed E-state index contributed by atoms with van der Waals surface area (Å²) in [6, 6.07) is 19.1. The summed E-state index contributed by atoms with van der Waals surface area (Å²) in [4.78, 5) is 3.38. The van der Waals surface area contributed by atoms with Crippen LogP contribution < -0.4 is 5.32 Å². The Hall–Kier alpha value is -2.92. The number of piperidine rings is 1. The molecule has 0 radical (unpaired) electrons. The molecule has 2 aromatic heterocycles. The maximum Gasteiger partial charge on any atom is 0.137 e. The molecule has 0 unspecified atom stereocenters. The fourth-order valence-corrected chi connectivity index (χ4v) is 4.25. The quantitative estimate of drug-likeness (QED) is 0.560. The van der Waals surface area contributed by atoms with Crippen molar-refractivity contribution >= 4 is 10.9 Å². The van der Waals surface area contributed by atoms with Gasteiger partial charge in [0.2, 0.25) is 0 Å². The van der Waals surface area contributed by atoms with E-state index in [0.29, 0.717) is 5.92 Å². The van der Waals surface area contributed by atoms with Gasteiger partial charge < -0.3 is 14.9 Å². The van der Waals surface area contributed by atoms with E-state index >= 15 is 0 Å². The number of hydrogen-bond donors (Lipinski definition) is 2. The van der Waals surface area contributed by atoms with E-state index in [9.17, 15) is 0 Å². The van der Waals surface area contributed by atoms with Gasteiger partial charge in [0.15, 0.2) is 0 Å². The predicted octanol–water partition coefficient (Wildman–Crippen LogP) is 3.87. The Morgan fingerprint density at radius 1 is 0.929 bits per heavy atom. The first-order chi connectivity index (χ1) is 13.9. The van der Waals surface area contributed by atoms with E-state index in [0.717, 1.165) is 50.5 Å². The Morgan fingerprint density at radius 3 is 2.57 bits per heavy atom. The molecule has 1 saturated heterocycles. The van der Waals surface area contributed by atoms with Gasteiger partial charge in [-0.2, -0.15) is 0 Å². The van der Waals surface area contributed by atoms with Crippen LogP contribution in [0.5, 0.6) is 0 Å². The monoisotopic (exact) mass is 371 g/mol. The Balaban J connectivity index is 1.52. The molecule has 4 aromatic rings. The zero-order valence-electron chi connectivity index (χ0n) is 15.9. The summed E-state index contributed by atoms with van der Waals surface area (Å²) in [5.41, 5.74) is 3.73. The van der Waals surface area contributed by atoms with Gasteiger partial charge in [0.25, 0.3) is 0 Å². The lowest BCUT2D eigenvalue weighted by molar-refractivity contribution is 0.432. The van der Waals surface area contributed by atoms with E-state index in [4.69, 9.17) is 0 Å². The number of benzene rings is 2. The highest BCUT2D eigenvalue weighted by Crippen LogP contribution is 2.27. The minimum Gasteiger partial charge on any atom is -0.361 e. The minimum absolute atomic E-state index is 0.481. The summed E-state index contributed by atoms with van der Waals surface area (Å²) in [5.74, 6) is 2.66. The number of H-pyrrole nitrogens is 1. The minimum atomic E-state index is 0.481. The average molecular weight is 371 g/mol. The van der Waals surface area contributed by atoms with E-state index in [1.54, 1.807) is 0 Å². The van der Waals surface area contributed by atoms with E-state index in [1.165, 1.54) is 22.0 Å². The number of fused-ring (bicyclic) bond motifs is 1. The normalized spacial score (nSPS) is 15.3. The molecule has 3 heterocycles. The highest BCUT2D eigenvalue weighted by Gasteiger charge is 2.23. The lowest BCUT2D eigenvalue weighted by Crippen LogP contribution is -2.28. The smallest absolute Gasteiger partial charge is 0.137 e. The molecule has 0 spiro atoms. The van der Waals surface area contributed by atoms with Crippen molar-refractivity contribution < 1.29 is 0 Å². The number of nitrogens with one attached hydrogen (secondary N) is 2. The molecule has 28 heavy (non-hydrogen) atoms. The molecule has 2 aromatic carbocycles. The maximum atomic E-state index is 4.67. The molecule has 0 saturated carbocycles. The second kappa shape index (κ2) is 7.60. The van der Waals surface area contributed by atoms with Gasteiger partial charge >= 0.3 is 0 Å². The third kappa shape index (κ3) is 3.34. The van der Waals surface area contributed by atoms with Crippen molar-refractivity contribution in [2.45, 2.75) is 31.7 Å². The Bertz CT molecular complexity index is 1060. The molecule has 0 aliphatic carbocycles. The van der Waals surface area contributed by atoms with Crippen molar-refractivity contribution in [2.75, 3.05) is 13.1 Å². The first-order valence-electron chi connectivity index (χ1n) is 10.1. The number of nitrogens with zero attached hydrogens (tertiary/aromatic N) is 3. The molecule has 2 N–H and O–H groups in total. The fraction of sp³-hybridized carbons (Fsp3) is 0.304. The van der Waals surface area contributed by atoms with E-state index in [-0.39, 0.29) is 0 Å². The van der Waals surface area contributed by atoms with Gasteiger partial charge in [0, 0.05) is 29.4 Å². The molecule has 0 amide bonds. The molecule has 1 aliphatic rings. The van der Waals surface area contributed by atoms with Crippen LogP contribution in [-0.2, 0) is 13.0 Å². The first-order valence-corrected chi connectivity index (χ1v) is 10.1. The van der Waals surface area contributed by atoms with E-state index < -0.39 is 0 Å². The number of aromatic nitrogens is 4. The van der Waals surface area contributed by atoms with Crippen LogP contribution >= 0.6 is 0 Å². The number of hydrogen-bond acceptors (Lipinski definition) is 3. The molecular weight excluding hydrogens is 346 g/mol. The second-order valence-electron chi connectivity index (χ2n) is 7.61. The zero-order valence-corrected chi connectivity index (χ0v) is 15.9. The van der Waals surface area contributed by atoms with Crippen LogP contribution in [0.2, 0.25) is 0 Å². The van der Waals surface area contributed by atoms with Gasteiger partial charge in [-0.05, 0) is 43.1 Å². The average Bonchev–Trinajstić information content (AvgIpc) is 3.34. The Kier molecular flexibility index (Phi) is 4.67. The van der Waals surface area contributed by atoms with Crippen molar-refractivity contribution in [3.05, 3.63) is 83.6 Å². The predicted molar refractivity (Wildman–Crippen MR) is 112 cm³/mol. The van der Waals surface area contributed by atoms with Gasteiger partial charge in [0.05, 0.1) is 6.54 Å². The molecule has 0 atom stereocenters. The maximum absolute atomic E-state index is 4.67. The van der Waals surface area contributed by atoms with Gasteiger partial charge in [-0.1, -0.05) is 48.5 Å². The number of para-hydroxylation sites is 1. The molecule has 142 valence electrons. The zero-order chi connectivity index (χ0) is 18.8. The molecule has 5 rings (SSSR count). The summed E-state index contributed by atoms with van der Waals surface area (Å²) in [6.45, 7) is 2.94. The Labute approximate surface area is 164 Å². The van der Waals surface area contributed by atoms with E-state index in [2.05, 4.69) is 85.9 Å². The van der Waals surface area contributed by atoms with Crippen molar-refractivity contribution in [3.8, 4) is 0 Å². The Morgan fingerprint density at radius 2 is 1.71 bits per heavy atom. The van der Waals surface area contributed by atoms with Gasteiger partial charge in [-0.25, -0.2) is 0 Å². The lowest BCUT2D eigenvalue weighted by Gasteiger charge is -2.23. The van der Waals surface area contributed by atoms with Crippen LogP contribution in [0.4, 0.5) is 0 Å². The van der Waals surface area contributed by atoms with Crippen LogP contribution in [0.25, 0.3) is 10.9 Å². The van der Waals surface area contributed by atoms with Crippen LogP contribution in [0.15, 0.2) is 60.8 Å². The first kappa shape index (κ1) is 17.2. The van der Waals surface area contributed by atoms with Crippen LogP contribution in [0.3, 0.4) is 0 Å². The third-order valence-electron chi connectivity index (χ3n) is 5.77. The SMILES string of the molecule is c1ccc(Cn2c(Cc3c[nH]c4ccccc34)nnc2C2CCNCC2)cc1. The molecule has 5 nitrogen and oxygen atoms in total. The van der Waals surface area contributed by atoms with Crippen LogP contribution in [0, 0.1) is 0 Å². The van der Waals surface area contributed by atoms with Crippen molar-refractivity contribution in [3.63, 3.8) is 0 Å². The summed E-state index contributed by atoms with van der Waals surface area (Å²) in [6.07, 6.45) is 5.14. The fourth-order valence-electron chi connectivity index (χ4n) is 4.25. The van der Waals surface area contributed by atoms with Crippen molar-refractivity contribution in [2.24, 2.45) is 0 Å². The molecule has 1 aliphatic heterocycles.